The third kappa shape index (κ3) is 7.32. The maximum Gasteiger partial charge on any atom is 0.412 e. The van der Waals surface area contributed by atoms with Crippen molar-refractivity contribution in [2.24, 2.45) is 0 Å². The van der Waals surface area contributed by atoms with Gasteiger partial charge in [0.25, 0.3) is 0 Å². The maximum absolute atomic E-state index is 12.2. The number of amides is 1. The molecule has 0 aromatic heterocycles. The summed E-state index contributed by atoms with van der Waals surface area (Å²) in [6.07, 6.45) is -7.10. The Morgan fingerprint density at radius 1 is 1.17 bits per heavy atom. The molecule has 6 nitrogen and oxygen atoms in total. The van der Waals surface area contributed by atoms with Crippen LogP contribution in [0.5, 0.6) is 0 Å². The molecule has 134 valence electrons. The summed E-state index contributed by atoms with van der Waals surface area (Å²) in [6, 6.07) is 5.18. The normalized spacial score (nSPS) is 13.2. The minimum absolute atomic E-state index is 0.0153. The van der Waals surface area contributed by atoms with E-state index in [1.54, 1.807) is 20.8 Å². The zero-order valence-electron chi connectivity index (χ0n) is 13.3. The lowest BCUT2D eigenvalue weighted by Crippen LogP contribution is -2.27. The zero-order chi connectivity index (χ0) is 18.5. The Labute approximate surface area is 136 Å². The third-order valence-corrected chi connectivity index (χ3v) is 2.50. The van der Waals surface area contributed by atoms with Crippen LogP contribution >= 0.6 is 0 Å². The number of benzene rings is 1. The van der Waals surface area contributed by atoms with Gasteiger partial charge < -0.3 is 14.6 Å². The van der Waals surface area contributed by atoms with Crippen LogP contribution in [0.3, 0.4) is 0 Å². The van der Waals surface area contributed by atoms with Crippen LogP contribution in [0.1, 0.15) is 32.4 Å². The number of carbonyl (C=O) groups excluding carboxylic acids is 1. The van der Waals surface area contributed by atoms with Gasteiger partial charge in [-0.05, 0) is 38.5 Å². The molecule has 0 fully saturated rings. The van der Waals surface area contributed by atoms with Gasteiger partial charge in [-0.25, -0.2) is 9.59 Å². The Balaban J connectivity index is 2.76. The van der Waals surface area contributed by atoms with E-state index in [0.29, 0.717) is 5.69 Å². The number of carbonyl (C=O) groups is 2. The monoisotopic (exact) mass is 349 g/mol. The van der Waals surface area contributed by atoms with Gasteiger partial charge in [0.15, 0.2) is 6.10 Å². The molecule has 0 radical (unpaired) electrons. The molecular weight excluding hydrogens is 331 g/mol. The van der Waals surface area contributed by atoms with Crippen LogP contribution in [0, 0.1) is 0 Å². The molecule has 0 spiro atoms. The molecule has 9 heteroatoms. The lowest BCUT2D eigenvalue weighted by molar-refractivity contribution is -0.193. The largest absolute Gasteiger partial charge is 0.479 e. The SMILES string of the molecule is CC(C)(C)OC(=O)Nc1ccc(C(OCC(F)(F)F)C(=O)O)cc1. The molecule has 0 bridgehead atoms. The molecular formula is C15H18F3NO5. The summed E-state index contributed by atoms with van der Waals surface area (Å²) >= 11 is 0. The zero-order valence-corrected chi connectivity index (χ0v) is 13.3. The fraction of sp³-hybridized carbons (Fsp3) is 0.467. The lowest BCUT2D eigenvalue weighted by atomic mass is 10.1. The van der Waals surface area contributed by atoms with Crippen molar-refractivity contribution in [1.29, 1.82) is 0 Å². The number of hydrogen-bond donors (Lipinski definition) is 2. The van der Waals surface area contributed by atoms with Gasteiger partial charge in [-0.1, -0.05) is 12.1 Å². The number of alkyl halides is 3. The first kappa shape index (κ1) is 19.8. The number of carboxylic acids is 1. The number of nitrogens with one attached hydrogen (secondary N) is 1. The van der Waals surface area contributed by atoms with Gasteiger partial charge in [0.2, 0.25) is 0 Å². The van der Waals surface area contributed by atoms with Crippen LogP contribution in [0.2, 0.25) is 0 Å². The van der Waals surface area contributed by atoms with Crippen molar-refractivity contribution in [3.05, 3.63) is 29.8 Å². The van der Waals surface area contributed by atoms with Crippen LogP contribution in [0.25, 0.3) is 0 Å². The number of ether oxygens (including phenoxy) is 2. The second-order valence-corrected chi connectivity index (χ2v) is 5.89. The van der Waals surface area contributed by atoms with Crippen LogP contribution in [-0.2, 0) is 14.3 Å². The number of aliphatic carboxylic acids is 1. The van der Waals surface area contributed by atoms with Crippen molar-refractivity contribution in [3.63, 3.8) is 0 Å². The second-order valence-electron chi connectivity index (χ2n) is 5.89. The minimum atomic E-state index is -4.63. The summed E-state index contributed by atoms with van der Waals surface area (Å²) in [5.41, 5.74) is -0.376. The van der Waals surface area contributed by atoms with E-state index >= 15 is 0 Å². The molecule has 0 saturated carbocycles. The van der Waals surface area contributed by atoms with Gasteiger partial charge in [0.1, 0.15) is 12.2 Å². The fourth-order valence-electron chi connectivity index (χ4n) is 1.65. The molecule has 1 amide bonds. The van der Waals surface area contributed by atoms with Crippen molar-refractivity contribution < 1.29 is 37.3 Å². The van der Waals surface area contributed by atoms with Crippen molar-refractivity contribution in [3.8, 4) is 0 Å². The quantitative estimate of drug-likeness (QED) is 0.846. The van der Waals surface area contributed by atoms with Gasteiger partial charge in [-0.15, -0.1) is 0 Å². The molecule has 1 aromatic carbocycles. The predicted molar refractivity (Wildman–Crippen MR) is 78.7 cm³/mol. The van der Waals surface area contributed by atoms with Crippen LogP contribution in [0.4, 0.5) is 23.7 Å². The number of anilines is 1. The maximum atomic E-state index is 12.2. The van der Waals surface area contributed by atoms with Crippen molar-refractivity contribution >= 4 is 17.7 Å². The number of hydrogen-bond acceptors (Lipinski definition) is 4. The van der Waals surface area contributed by atoms with Crippen LogP contribution in [-0.4, -0.2) is 35.6 Å². The van der Waals surface area contributed by atoms with E-state index in [1.807, 2.05) is 0 Å². The molecule has 0 saturated heterocycles. The van der Waals surface area contributed by atoms with Gasteiger partial charge >= 0.3 is 18.2 Å². The molecule has 1 unspecified atom stereocenters. The molecule has 0 heterocycles. The topological polar surface area (TPSA) is 84.9 Å². The Morgan fingerprint density at radius 3 is 2.12 bits per heavy atom. The van der Waals surface area contributed by atoms with Crippen molar-refractivity contribution in [1.82, 2.24) is 0 Å². The molecule has 2 N–H and O–H groups in total. The van der Waals surface area contributed by atoms with Gasteiger partial charge in [-0.3, -0.25) is 5.32 Å². The summed E-state index contributed by atoms with van der Waals surface area (Å²) in [6.45, 7) is 3.38. The number of carboxylic acid groups (broad SMARTS) is 1. The van der Waals surface area contributed by atoms with E-state index in [1.165, 1.54) is 24.3 Å². The van der Waals surface area contributed by atoms with E-state index in [2.05, 4.69) is 10.1 Å². The van der Waals surface area contributed by atoms with E-state index < -0.39 is 36.6 Å². The van der Waals surface area contributed by atoms with E-state index in [9.17, 15) is 22.8 Å². The molecule has 24 heavy (non-hydrogen) atoms. The number of halogens is 3. The average Bonchev–Trinajstić information content (AvgIpc) is 2.36. The second kappa shape index (κ2) is 7.52. The first-order chi connectivity index (χ1) is 10.9. The Hall–Kier alpha value is -2.29. The average molecular weight is 349 g/mol. The Bertz CT molecular complexity index is 578. The highest BCUT2D eigenvalue weighted by atomic mass is 19.4. The van der Waals surface area contributed by atoms with Crippen LogP contribution < -0.4 is 5.32 Å². The molecule has 0 aliphatic carbocycles. The highest BCUT2D eigenvalue weighted by molar-refractivity contribution is 5.85. The minimum Gasteiger partial charge on any atom is -0.479 e. The molecule has 0 aliphatic heterocycles. The highest BCUT2D eigenvalue weighted by Gasteiger charge is 2.32. The first-order valence-electron chi connectivity index (χ1n) is 6.88. The summed E-state index contributed by atoms with van der Waals surface area (Å²) in [7, 11) is 0. The highest BCUT2D eigenvalue weighted by Crippen LogP contribution is 2.24. The molecule has 1 atom stereocenters. The standard InChI is InChI=1S/C15H18F3NO5/c1-14(2,3)24-13(22)19-10-6-4-9(5-7-10)11(12(20)21)23-8-15(16,17)18/h4-7,11H,8H2,1-3H3,(H,19,22)(H,20,21). The first-order valence-corrected chi connectivity index (χ1v) is 6.88. The Morgan fingerprint density at radius 2 is 1.71 bits per heavy atom. The summed E-state index contributed by atoms with van der Waals surface area (Å²) in [4.78, 5) is 22.6. The molecule has 0 aliphatic rings. The van der Waals surface area contributed by atoms with Crippen molar-refractivity contribution in [2.75, 3.05) is 11.9 Å². The van der Waals surface area contributed by atoms with Gasteiger partial charge in [-0.2, -0.15) is 13.2 Å². The third-order valence-electron chi connectivity index (χ3n) is 2.50. The fourth-order valence-corrected chi connectivity index (χ4v) is 1.65. The van der Waals surface area contributed by atoms with Gasteiger partial charge in [0.05, 0.1) is 0 Å². The van der Waals surface area contributed by atoms with Crippen molar-refractivity contribution in [2.45, 2.75) is 38.7 Å². The van der Waals surface area contributed by atoms with E-state index in [-0.39, 0.29) is 5.56 Å². The molecule has 1 aromatic rings. The molecule has 1 rings (SSSR count). The smallest absolute Gasteiger partial charge is 0.412 e. The van der Waals surface area contributed by atoms with Gasteiger partial charge in [0, 0.05) is 5.69 Å². The summed E-state index contributed by atoms with van der Waals surface area (Å²) in [5, 5.41) is 11.4. The predicted octanol–water partition coefficient (Wildman–Crippen LogP) is 3.74. The number of rotatable bonds is 5. The summed E-state index contributed by atoms with van der Waals surface area (Å²) < 4.78 is 45.9. The lowest BCUT2D eigenvalue weighted by Gasteiger charge is -2.20. The Kier molecular flexibility index (Phi) is 6.19. The summed E-state index contributed by atoms with van der Waals surface area (Å²) in [5.74, 6) is -1.55. The van der Waals surface area contributed by atoms with E-state index in [0.717, 1.165) is 0 Å². The van der Waals surface area contributed by atoms with E-state index in [4.69, 9.17) is 9.84 Å². The van der Waals surface area contributed by atoms with Crippen LogP contribution in [0.15, 0.2) is 24.3 Å².